The fraction of sp³-hybridized carbons (Fsp3) is 0.529. The Hall–Kier alpha value is -1.25. The fourth-order valence-electron chi connectivity index (χ4n) is 2.61. The maximum absolute atomic E-state index is 13.4. The van der Waals surface area contributed by atoms with Gasteiger partial charge in [-0.25, -0.2) is 0 Å². The molecule has 9 heteroatoms. The largest absolute Gasteiger partial charge is 0.438 e. The Morgan fingerprint density at radius 3 is 2.65 bits per heavy atom. The van der Waals surface area contributed by atoms with Crippen LogP contribution in [0.1, 0.15) is 32.3 Å². The van der Waals surface area contributed by atoms with Crippen molar-refractivity contribution in [1.29, 1.82) is 0 Å². The van der Waals surface area contributed by atoms with Gasteiger partial charge in [-0.05, 0) is 24.0 Å². The number of halogens is 4. The van der Waals surface area contributed by atoms with Gasteiger partial charge in [-0.1, -0.05) is 43.6 Å². The third kappa shape index (κ3) is 4.72. The van der Waals surface area contributed by atoms with Crippen LogP contribution in [0.2, 0.25) is 5.02 Å². The Balaban J connectivity index is 2.08. The highest BCUT2D eigenvalue weighted by Crippen LogP contribution is 2.41. The molecule has 0 aliphatic carbocycles. The van der Waals surface area contributed by atoms with Crippen LogP contribution in [0.15, 0.2) is 29.4 Å². The number of hydrogen-bond acceptors (Lipinski definition) is 4. The molecule has 1 heterocycles. The Morgan fingerprint density at radius 1 is 1.42 bits per heavy atom. The van der Waals surface area contributed by atoms with Gasteiger partial charge in [-0.3, -0.25) is 4.79 Å². The summed E-state index contributed by atoms with van der Waals surface area (Å²) in [6.07, 6.45) is -5.41. The van der Waals surface area contributed by atoms with Gasteiger partial charge in [-0.2, -0.15) is 23.3 Å². The van der Waals surface area contributed by atoms with Crippen LogP contribution in [0.5, 0.6) is 0 Å². The summed E-state index contributed by atoms with van der Waals surface area (Å²) in [7, 11) is 0. The molecule has 0 radical (unpaired) electrons. The highest BCUT2D eigenvalue weighted by atomic mass is 35.5. The summed E-state index contributed by atoms with van der Waals surface area (Å²) < 4.78 is 40.1. The number of thioether (sulfide) groups is 1. The van der Waals surface area contributed by atoms with Crippen LogP contribution in [0, 0.1) is 5.92 Å². The smallest absolute Gasteiger partial charge is 0.362 e. The number of carbonyl (C=O) groups is 1. The standard InChI is InChI=1S/C17H20ClF3N2O2S/c1-11(2)7-13-8-16(25,17(19,20)21)23(22-13)15(24)10-26-9-12-5-3-4-6-14(12)18/h3-6,11,25H,7-10H2,1-2H3/t16-/m1/s1. The molecule has 1 atom stereocenters. The van der Waals surface area contributed by atoms with Crippen LogP contribution >= 0.6 is 23.4 Å². The molecule has 0 fully saturated rings. The monoisotopic (exact) mass is 408 g/mol. The lowest BCUT2D eigenvalue weighted by Gasteiger charge is -2.32. The van der Waals surface area contributed by atoms with Gasteiger partial charge in [-0.15, -0.1) is 11.8 Å². The molecule has 0 bridgehead atoms. The number of alkyl halides is 3. The molecule has 4 nitrogen and oxygen atoms in total. The maximum Gasteiger partial charge on any atom is 0.438 e. The number of aliphatic hydroxyl groups is 1. The van der Waals surface area contributed by atoms with Crippen molar-refractivity contribution in [2.75, 3.05) is 5.75 Å². The van der Waals surface area contributed by atoms with Gasteiger partial charge in [0.05, 0.1) is 5.75 Å². The fourth-order valence-corrected chi connectivity index (χ4v) is 3.76. The summed E-state index contributed by atoms with van der Waals surface area (Å²) in [6, 6.07) is 7.03. The van der Waals surface area contributed by atoms with Crippen molar-refractivity contribution >= 4 is 35.0 Å². The second-order valence-electron chi connectivity index (χ2n) is 6.55. The van der Waals surface area contributed by atoms with E-state index in [1.54, 1.807) is 24.3 Å². The molecular formula is C17H20ClF3N2O2S. The van der Waals surface area contributed by atoms with Crippen LogP contribution in [0.3, 0.4) is 0 Å². The van der Waals surface area contributed by atoms with Crippen molar-refractivity contribution in [2.45, 2.75) is 44.3 Å². The number of amides is 1. The zero-order chi connectivity index (χ0) is 19.5. The van der Waals surface area contributed by atoms with E-state index in [1.165, 1.54) is 0 Å². The lowest BCUT2D eigenvalue weighted by Crippen LogP contribution is -2.57. The van der Waals surface area contributed by atoms with Crippen molar-refractivity contribution in [2.24, 2.45) is 11.0 Å². The highest BCUT2D eigenvalue weighted by molar-refractivity contribution is 7.99. The first-order chi connectivity index (χ1) is 12.0. The minimum atomic E-state index is -4.99. The number of hydrazone groups is 1. The molecular weight excluding hydrogens is 389 g/mol. The Bertz CT molecular complexity index is 697. The molecule has 0 aromatic heterocycles. The van der Waals surface area contributed by atoms with Gasteiger partial charge in [0.1, 0.15) is 0 Å². The van der Waals surface area contributed by atoms with Gasteiger partial charge in [0.25, 0.3) is 11.6 Å². The van der Waals surface area contributed by atoms with E-state index in [4.69, 9.17) is 11.6 Å². The first-order valence-electron chi connectivity index (χ1n) is 8.04. The summed E-state index contributed by atoms with van der Waals surface area (Å²) in [5.74, 6) is -0.703. The summed E-state index contributed by atoms with van der Waals surface area (Å²) in [6.45, 7) is 3.66. The van der Waals surface area contributed by atoms with Gasteiger partial charge in [0, 0.05) is 22.9 Å². The normalized spacial score (nSPS) is 20.6. The number of benzene rings is 1. The lowest BCUT2D eigenvalue weighted by molar-refractivity contribution is -0.301. The summed E-state index contributed by atoms with van der Waals surface area (Å²) in [4.78, 5) is 12.3. The van der Waals surface area contributed by atoms with Crippen LogP contribution in [0.4, 0.5) is 13.2 Å². The van der Waals surface area contributed by atoms with Crippen LogP contribution in [-0.2, 0) is 10.5 Å². The lowest BCUT2D eigenvalue weighted by atomic mass is 9.99. The van der Waals surface area contributed by atoms with E-state index in [1.807, 2.05) is 13.8 Å². The second kappa shape index (κ2) is 8.19. The van der Waals surface area contributed by atoms with Gasteiger partial charge >= 0.3 is 6.18 Å². The quantitative estimate of drug-likeness (QED) is 0.756. The molecule has 2 rings (SSSR count). The number of hydrogen-bond donors (Lipinski definition) is 1. The molecule has 1 aliphatic heterocycles. The Morgan fingerprint density at radius 2 is 2.08 bits per heavy atom. The minimum absolute atomic E-state index is 0.0656. The second-order valence-corrected chi connectivity index (χ2v) is 7.94. The van der Waals surface area contributed by atoms with Crippen molar-refractivity contribution in [3.63, 3.8) is 0 Å². The van der Waals surface area contributed by atoms with Crippen molar-refractivity contribution in [1.82, 2.24) is 5.01 Å². The topological polar surface area (TPSA) is 52.9 Å². The zero-order valence-corrected chi connectivity index (χ0v) is 16.0. The number of rotatable bonds is 6. The highest BCUT2D eigenvalue weighted by Gasteiger charge is 2.62. The van der Waals surface area contributed by atoms with E-state index in [2.05, 4.69) is 5.10 Å². The molecule has 0 unspecified atom stereocenters. The molecule has 0 saturated carbocycles. The Kier molecular flexibility index (Phi) is 6.63. The van der Waals surface area contributed by atoms with Crippen molar-refractivity contribution < 1.29 is 23.1 Å². The van der Waals surface area contributed by atoms with Gasteiger partial charge < -0.3 is 5.11 Å². The molecule has 144 valence electrons. The SMILES string of the molecule is CC(C)CC1=NN(C(=O)CSCc2ccccc2Cl)[C@](O)(C(F)(F)F)C1. The van der Waals surface area contributed by atoms with Crippen LogP contribution < -0.4 is 0 Å². The van der Waals surface area contributed by atoms with Crippen molar-refractivity contribution in [3.8, 4) is 0 Å². The Labute approximate surface area is 159 Å². The van der Waals surface area contributed by atoms with Crippen molar-refractivity contribution in [3.05, 3.63) is 34.9 Å². The van der Waals surface area contributed by atoms with E-state index in [0.29, 0.717) is 10.8 Å². The number of carbonyl (C=O) groups excluding carboxylic acids is 1. The first-order valence-corrected chi connectivity index (χ1v) is 9.57. The van der Waals surface area contributed by atoms with E-state index in [0.717, 1.165) is 17.3 Å². The predicted molar refractivity (Wildman–Crippen MR) is 97.0 cm³/mol. The average Bonchev–Trinajstić information content (AvgIpc) is 2.86. The molecule has 1 N–H and O–H groups in total. The van der Waals surface area contributed by atoms with Crippen LogP contribution in [-0.4, -0.2) is 39.4 Å². The van der Waals surface area contributed by atoms with E-state index >= 15 is 0 Å². The van der Waals surface area contributed by atoms with E-state index in [-0.39, 0.29) is 28.8 Å². The third-order valence-electron chi connectivity index (χ3n) is 3.82. The molecule has 0 saturated heterocycles. The molecule has 0 spiro atoms. The zero-order valence-electron chi connectivity index (χ0n) is 14.4. The van der Waals surface area contributed by atoms with Gasteiger partial charge in [0.15, 0.2) is 0 Å². The summed E-state index contributed by atoms with van der Waals surface area (Å²) >= 11 is 7.14. The molecule has 1 aromatic rings. The average molecular weight is 409 g/mol. The predicted octanol–water partition coefficient (Wildman–Crippen LogP) is 4.46. The molecule has 1 aliphatic rings. The van der Waals surface area contributed by atoms with Crippen LogP contribution in [0.25, 0.3) is 0 Å². The number of nitrogens with zero attached hydrogens (tertiary/aromatic N) is 2. The molecule has 1 aromatic carbocycles. The van der Waals surface area contributed by atoms with Gasteiger partial charge in [0.2, 0.25) is 0 Å². The minimum Gasteiger partial charge on any atom is -0.362 e. The van der Waals surface area contributed by atoms with E-state index < -0.39 is 24.2 Å². The summed E-state index contributed by atoms with van der Waals surface area (Å²) in [5.41, 5.74) is -2.33. The summed E-state index contributed by atoms with van der Waals surface area (Å²) in [5, 5.41) is 14.6. The molecule has 1 amide bonds. The first kappa shape index (κ1) is 21.1. The van der Waals surface area contributed by atoms with E-state index in [9.17, 15) is 23.1 Å². The molecule has 26 heavy (non-hydrogen) atoms. The third-order valence-corrected chi connectivity index (χ3v) is 5.15. The maximum atomic E-state index is 13.4.